The van der Waals surface area contributed by atoms with Crippen LogP contribution >= 0.6 is 11.6 Å². The first-order chi connectivity index (χ1) is 15.3. The fourth-order valence-electron chi connectivity index (χ4n) is 3.41. The fraction of sp³-hybridized carbons (Fsp3) is 0.308. The summed E-state index contributed by atoms with van der Waals surface area (Å²) in [6, 6.07) is 20.2. The van der Waals surface area contributed by atoms with Gasteiger partial charge in [-0.2, -0.15) is 0 Å². The molecule has 6 heteroatoms. The van der Waals surface area contributed by atoms with Crippen LogP contribution in [0.25, 0.3) is 10.8 Å². The average molecular weight is 453 g/mol. The van der Waals surface area contributed by atoms with Crippen molar-refractivity contribution in [3.8, 4) is 5.75 Å². The van der Waals surface area contributed by atoms with E-state index in [1.165, 1.54) is 4.90 Å². The number of carbonyl (C=O) groups is 2. The van der Waals surface area contributed by atoms with Gasteiger partial charge in [0.1, 0.15) is 11.8 Å². The molecular formula is C26H29ClN2O3. The Morgan fingerprint density at radius 3 is 2.47 bits per heavy atom. The summed E-state index contributed by atoms with van der Waals surface area (Å²) in [5.41, 5.74) is 0.847. The van der Waals surface area contributed by atoms with Crippen molar-refractivity contribution < 1.29 is 14.3 Å². The molecule has 0 heterocycles. The molecule has 1 unspecified atom stereocenters. The summed E-state index contributed by atoms with van der Waals surface area (Å²) in [6.45, 7) is 6.42. The van der Waals surface area contributed by atoms with Crippen molar-refractivity contribution >= 4 is 34.2 Å². The van der Waals surface area contributed by atoms with Crippen molar-refractivity contribution in [2.75, 3.05) is 13.2 Å². The maximum atomic E-state index is 13.2. The molecule has 2 amide bonds. The third kappa shape index (κ3) is 6.24. The Morgan fingerprint density at radius 2 is 1.72 bits per heavy atom. The number of amides is 2. The molecule has 0 saturated carbocycles. The van der Waals surface area contributed by atoms with Crippen molar-refractivity contribution in [1.82, 2.24) is 10.2 Å². The molecule has 0 aromatic heterocycles. The normalized spacial score (nSPS) is 11.9. The van der Waals surface area contributed by atoms with E-state index in [0.29, 0.717) is 23.2 Å². The highest BCUT2D eigenvalue weighted by molar-refractivity contribution is 6.30. The van der Waals surface area contributed by atoms with Crippen LogP contribution in [-0.4, -0.2) is 35.9 Å². The van der Waals surface area contributed by atoms with E-state index in [1.54, 1.807) is 19.1 Å². The van der Waals surface area contributed by atoms with Gasteiger partial charge in [0.05, 0.1) is 0 Å². The Bertz CT molecular complexity index is 1080. The molecule has 3 aromatic carbocycles. The lowest BCUT2D eigenvalue weighted by molar-refractivity contribution is -0.142. The third-order valence-corrected chi connectivity index (χ3v) is 5.43. The first-order valence-electron chi connectivity index (χ1n) is 10.8. The molecule has 0 fully saturated rings. The second-order valence-electron chi connectivity index (χ2n) is 8.23. The number of carbonyl (C=O) groups excluding carboxylic acids is 2. The monoisotopic (exact) mass is 452 g/mol. The van der Waals surface area contributed by atoms with Gasteiger partial charge >= 0.3 is 0 Å². The number of benzene rings is 3. The highest BCUT2D eigenvalue weighted by Crippen LogP contribution is 2.25. The number of fused-ring (bicyclic) bond motifs is 1. The molecule has 1 atom stereocenters. The van der Waals surface area contributed by atoms with E-state index < -0.39 is 6.04 Å². The van der Waals surface area contributed by atoms with Crippen LogP contribution in [0, 0.1) is 5.92 Å². The third-order valence-electron chi connectivity index (χ3n) is 5.19. The number of nitrogens with one attached hydrogen (secondary N) is 1. The molecule has 32 heavy (non-hydrogen) atoms. The van der Waals surface area contributed by atoms with Gasteiger partial charge in [-0.05, 0) is 42.0 Å². The lowest BCUT2D eigenvalue weighted by atomic mass is 10.1. The number of hydrogen-bond acceptors (Lipinski definition) is 3. The SMILES string of the molecule is CC(C)CNC(=O)C(C)N(Cc1cccc(Cl)c1)C(=O)COc1cccc2ccccc12. The summed E-state index contributed by atoms with van der Waals surface area (Å²) in [5.74, 6) is 0.485. The van der Waals surface area contributed by atoms with E-state index in [4.69, 9.17) is 16.3 Å². The molecule has 0 aliphatic rings. The largest absolute Gasteiger partial charge is 0.483 e. The lowest BCUT2D eigenvalue weighted by Crippen LogP contribution is -2.49. The van der Waals surface area contributed by atoms with Crippen LogP contribution in [0.4, 0.5) is 0 Å². The van der Waals surface area contributed by atoms with Gasteiger partial charge in [0, 0.05) is 23.5 Å². The molecule has 1 N–H and O–H groups in total. The van der Waals surface area contributed by atoms with Crippen molar-refractivity contribution in [1.29, 1.82) is 0 Å². The fourth-order valence-corrected chi connectivity index (χ4v) is 3.62. The molecule has 0 saturated heterocycles. The van der Waals surface area contributed by atoms with E-state index in [1.807, 2.05) is 68.4 Å². The quantitative estimate of drug-likeness (QED) is 0.493. The smallest absolute Gasteiger partial charge is 0.261 e. The topological polar surface area (TPSA) is 58.6 Å². The summed E-state index contributed by atoms with van der Waals surface area (Å²) in [7, 11) is 0. The molecule has 0 radical (unpaired) electrons. The minimum absolute atomic E-state index is 0.170. The Balaban J connectivity index is 1.77. The van der Waals surface area contributed by atoms with Gasteiger partial charge in [0.25, 0.3) is 5.91 Å². The van der Waals surface area contributed by atoms with Crippen LogP contribution < -0.4 is 10.1 Å². The summed E-state index contributed by atoms with van der Waals surface area (Å²) in [5, 5.41) is 5.47. The first kappa shape index (κ1) is 23.6. The van der Waals surface area contributed by atoms with E-state index in [9.17, 15) is 9.59 Å². The van der Waals surface area contributed by atoms with Gasteiger partial charge in [-0.15, -0.1) is 0 Å². The predicted octanol–water partition coefficient (Wildman–Crippen LogP) is 5.06. The number of ether oxygens (including phenoxy) is 1. The zero-order chi connectivity index (χ0) is 23.1. The number of halogens is 1. The van der Waals surface area contributed by atoms with Gasteiger partial charge in [0.2, 0.25) is 5.91 Å². The van der Waals surface area contributed by atoms with Crippen molar-refractivity contribution in [3.05, 3.63) is 77.3 Å². The van der Waals surface area contributed by atoms with Gasteiger partial charge in [0.15, 0.2) is 6.61 Å². The second-order valence-corrected chi connectivity index (χ2v) is 8.67. The molecular weight excluding hydrogens is 424 g/mol. The number of rotatable bonds is 9. The highest BCUT2D eigenvalue weighted by Gasteiger charge is 2.26. The van der Waals surface area contributed by atoms with Crippen LogP contribution in [0.1, 0.15) is 26.3 Å². The highest BCUT2D eigenvalue weighted by atomic mass is 35.5. The molecule has 168 valence electrons. The number of hydrogen-bond donors (Lipinski definition) is 1. The zero-order valence-electron chi connectivity index (χ0n) is 18.7. The van der Waals surface area contributed by atoms with Crippen LogP contribution in [0.3, 0.4) is 0 Å². The second kappa shape index (κ2) is 11.0. The lowest BCUT2D eigenvalue weighted by Gasteiger charge is -2.29. The van der Waals surface area contributed by atoms with Crippen LogP contribution in [0.15, 0.2) is 66.7 Å². The minimum atomic E-state index is -0.656. The summed E-state index contributed by atoms with van der Waals surface area (Å²) < 4.78 is 5.90. The molecule has 0 spiro atoms. The van der Waals surface area contributed by atoms with E-state index >= 15 is 0 Å². The van der Waals surface area contributed by atoms with Crippen molar-refractivity contribution in [2.45, 2.75) is 33.4 Å². The van der Waals surface area contributed by atoms with E-state index in [2.05, 4.69) is 5.32 Å². The Morgan fingerprint density at radius 1 is 1.00 bits per heavy atom. The van der Waals surface area contributed by atoms with Gasteiger partial charge < -0.3 is 15.0 Å². The molecule has 3 aromatic rings. The summed E-state index contributed by atoms with van der Waals surface area (Å²) >= 11 is 6.12. The Labute approximate surface area is 194 Å². The summed E-state index contributed by atoms with van der Waals surface area (Å²) in [4.78, 5) is 27.5. The van der Waals surface area contributed by atoms with Crippen molar-refractivity contribution in [2.24, 2.45) is 5.92 Å². The molecule has 5 nitrogen and oxygen atoms in total. The standard InChI is InChI=1S/C26H29ClN2O3/c1-18(2)15-28-26(31)19(3)29(16-20-8-6-11-22(27)14-20)25(30)17-32-24-13-7-10-21-9-4-5-12-23(21)24/h4-14,18-19H,15-17H2,1-3H3,(H,28,31). The zero-order valence-corrected chi connectivity index (χ0v) is 19.4. The number of nitrogens with zero attached hydrogens (tertiary/aromatic N) is 1. The van der Waals surface area contributed by atoms with E-state index in [-0.39, 0.29) is 25.0 Å². The molecule has 3 rings (SSSR count). The molecule has 0 aliphatic heterocycles. The average Bonchev–Trinajstić information content (AvgIpc) is 2.79. The maximum absolute atomic E-state index is 13.2. The van der Waals surface area contributed by atoms with Crippen LogP contribution in [0.5, 0.6) is 5.75 Å². The van der Waals surface area contributed by atoms with E-state index in [0.717, 1.165) is 16.3 Å². The predicted molar refractivity (Wildman–Crippen MR) is 129 cm³/mol. The van der Waals surface area contributed by atoms with Gasteiger partial charge in [-0.3, -0.25) is 9.59 Å². The minimum Gasteiger partial charge on any atom is -0.483 e. The van der Waals surface area contributed by atoms with Crippen LogP contribution in [0.2, 0.25) is 5.02 Å². The first-order valence-corrected chi connectivity index (χ1v) is 11.1. The molecule has 0 aliphatic carbocycles. The molecule has 0 bridgehead atoms. The Hall–Kier alpha value is -3.05. The van der Waals surface area contributed by atoms with Crippen molar-refractivity contribution in [3.63, 3.8) is 0 Å². The maximum Gasteiger partial charge on any atom is 0.261 e. The Kier molecular flexibility index (Phi) is 8.12. The van der Waals surface area contributed by atoms with Gasteiger partial charge in [-0.1, -0.05) is 74.0 Å². The summed E-state index contributed by atoms with van der Waals surface area (Å²) in [6.07, 6.45) is 0. The van der Waals surface area contributed by atoms with Crippen LogP contribution in [-0.2, 0) is 16.1 Å². The van der Waals surface area contributed by atoms with Gasteiger partial charge in [-0.25, -0.2) is 0 Å².